The van der Waals surface area contributed by atoms with Gasteiger partial charge in [0.05, 0.1) is 11.7 Å². The van der Waals surface area contributed by atoms with Crippen LogP contribution in [0.3, 0.4) is 0 Å². The number of aryl methyl sites for hydroxylation is 2. The molecule has 102 valence electrons. The van der Waals surface area contributed by atoms with Crippen LogP contribution in [0.2, 0.25) is 0 Å². The van der Waals surface area contributed by atoms with Crippen LogP contribution in [-0.2, 0) is 7.05 Å². The lowest BCUT2D eigenvalue weighted by Gasteiger charge is -2.01. The predicted molar refractivity (Wildman–Crippen MR) is 71.6 cm³/mol. The second kappa shape index (κ2) is 4.16. The number of nitrogens with one attached hydrogen (secondary N) is 1. The molecule has 0 saturated heterocycles. The SMILES string of the molecule is Cc1ccc2c(-n3cc(F)c(=O)[nH]c3=O)nn(C)c2c1. The Bertz CT molecular complexity index is 936. The van der Waals surface area contributed by atoms with Crippen LogP contribution >= 0.6 is 0 Å². The van der Waals surface area contributed by atoms with Gasteiger partial charge in [0.2, 0.25) is 5.82 Å². The topological polar surface area (TPSA) is 72.7 Å². The Morgan fingerprint density at radius 1 is 1.30 bits per heavy atom. The van der Waals surface area contributed by atoms with E-state index >= 15 is 0 Å². The summed E-state index contributed by atoms with van der Waals surface area (Å²) in [5.74, 6) is -0.752. The Morgan fingerprint density at radius 2 is 2.05 bits per heavy atom. The zero-order valence-electron chi connectivity index (χ0n) is 10.8. The fraction of sp³-hybridized carbons (Fsp3) is 0.154. The number of nitrogens with zero attached hydrogens (tertiary/aromatic N) is 3. The summed E-state index contributed by atoms with van der Waals surface area (Å²) in [5.41, 5.74) is 0.102. The van der Waals surface area contributed by atoms with E-state index in [9.17, 15) is 14.0 Å². The first-order valence-electron chi connectivity index (χ1n) is 5.92. The van der Waals surface area contributed by atoms with Gasteiger partial charge in [-0.2, -0.15) is 9.49 Å². The summed E-state index contributed by atoms with van der Waals surface area (Å²) in [7, 11) is 1.73. The lowest BCUT2D eigenvalue weighted by molar-refractivity contribution is 0.584. The Morgan fingerprint density at radius 3 is 2.80 bits per heavy atom. The van der Waals surface area contributed by atoms with Crippen molar-refractivity contribution in [2.45, 2.75) is 6.92 Å². The van der Waals surface area contributed by atoms with Crippen molar-refractivity contribution >= 4 is 10.9 Å². The highest BCUT2D eigenvalue weighted by Crippen LogP contribution is 2.21. The molecule has 2 aromatic heterocycles. The lowest BCUT2D eigenvalue weighted by Crippen LogP contribution is -2.30. The van der Waals surface area contributed by atoms with Crippen LogP contribution in [0.25, 0.3) is 16.7 Å². The number of halogens is 1. The average Bonchev–Trinajstić information content (AvgIpc) is 2.71. The molecule has 0 radical (unpaired) electrons. The van der Waals surface area contributed by atoms with E-state index in [0.29, 0.717) is 5.39 Å². The van der Waals surface area contributed by atoms with E-state index in [1.54, 1.807) is 11.7 Å². The molecular formula is C13H11FN4O2. The first kappa shape index (κ1) is 12.3. The number of rotatable bonds is 1. The fourth-order valence-corrected chi connectivity index (χ4v) is 2.13. The van der Waals surface area contributed by atoms with E-state index in [2.05, 4.69) is 5.10 Å². The van der Waals surface area contributed by atoms with Gasteiger partial charge in [-0.05, 0) is 24.6 Å². The van der Waals surface area contributed by atoms with Gasteiger partial charge in [-0.1, -0.05) is 6.07 Å². The number of benzene rings is 1. The molecule has 0 unspecified atom stereocenters. The maximum absolute atomic E-state index is 13.4. The van der Waals surface area contributed by atoms with Crippen LogP contribution in [0.1, 0.15) is 5.56 Å². The lowest BCUT2D eigenvalue weighted by atomic mass is 10.2. The number of aromatic nitrogens is 4. The standard InChI is InChI=1S/C13H11FN4O2/c1-7-3-4-8-10(5-7)17(2)16-11(8)18-6-9(14)12(19)15-13(18)20/h3-6H,1-2H3,(H,15,19,20). The van der Waals surface area contributed by atoms with Gasteiger partial charge in [0, 0.05) is 12.4 Å². The molecule has 2 heterocycles. The predicted octanol–water partition coefficient (Wildman–Crippen LogP) is 0.860. The summed E-state index contributed by atoms with van der Waals surface area (Å²) >= 11 is 0. The minimum Gasteiger partial charge on any atom is -0.271 e. The second-order valence-electron chi connectivity index (χ2n) is 4.57. The van der Waals surface area contributed by atoms with E-state index in [-0.39, 0.29) is 5.82 Å². The highest BCUT2D eigenvalue weighted by molar-refractivity contribution is 5.87. The van der Waals surface area contributed by atoms with E-state index in [4.69, 9.17) is 0 Å². The first-order chi connectivity index (χ1) is 9.47. The van der Waals surface area contributed by atoms with Crippen molar-refractivity contribution in [2.24, 2.45) is 7.05 Å². The van der Waals surface area contributed by atoms with Crippen molar-refractivity contribution in [3.05, 3.63) is 56.6 Å². The molecule has 0 fully saturated rings. The summed E-state index contributed by atoms with van der Waals surface area (Å²) < 4.78 is 16.0. The number of H-pyrrole nitrogens is 1. The van der Waals surface area contributed by atoms with E-state index < -0.39 is 17.1 Å². The van der Waals surface area contributed by atoms with Crippen molar-refractivity contribution in [3.8, 4) is 5.82 Å². The van der Waals surface area contributed by atoms with E-state index in [0.717, 1.165) is 21.8 Å². The molecule has 6 nitrogen and oxygen atoms in total. The molecule has 0 aliphatic carbocycles. The van der Waals surface area contributed by atoms with Gasteiger partial charge >= 0.3 is 5.69 Å². The van der Waals surface area contributed by atoms with Crippen molar-refractivity contribution < 1.29 is 4.39 Å². The Balaban J connectivity index is 2.39. The molecule has 1 aromatic carbocycles. The quantitative estimate of drug-likeness (QED) is 0.715. The molecule has 0 saturated carbocycles. The molecule has 3 rings (SSSR count). The van der Waals surface area contributed by atoms with Crippen LogP contribution in [0.4, 0.5) is 4.39 Å². The number of fused-ring (bicyclic) bond motifs is 1. The molecule has 20 heavy (non-hydrogen) atoms. The maximum atomic E-state index is 13.4. The highest BCUT2D eigenvalue weighted by Gasteiger charge is 2.13. The third-order valence-corrected chi connectivity index (χ3v) is 3.11. The highest BCUT2D eigenvalue weighted by atomic mass is 19.1. The van der Waals surface area contributed by atoms with Gasteiger partial charge in [0.15, 0.2) is 5.82 Å². The number of hydrogen-bond donors (Lipinski definition) is 1. The number of hydrogen-bond acceptors (Lipinski definition) is 3. The molecule has 0 amide bonds. The third kappa shape index (κ3) is 1.75. The average molecular weight is 274 g/mol. The van der Waals surface area contributed by atoms with Crippen molar-refractivity contribution in [1.82, 2.24) is 19.3 Å². The minimum absolute atomic E-state index is 0.280. The Kier molecular flexibility index (Phi) is 2.56. The maximum Gasteiger partial charge on any atom is 0.334 e. The van der Waals surface area contributed by atoms with Gasteiger partial charge in [0.25, 0.3) is 5.56 Å². The largest absolute Gasteiger partial charge is 0.334 e. The molecule has 7 heteroatoms. The smallest absolute Gasteiger partial charge is 0.271 e. The Hall–Kier alpha value is -2.70. The number of aromatic amines is 1. The summed E-state index contributed by atoms with van der Waals surface area (Å²) in [6.07, 6.45) is 0.850. The molecule has 0 bridgehead atoms. The zero-order chi connectivity index (χ0) is 14.4. The molecule has 0 atom stereocenters. The first-order valence-corrected chi connectivity index (χ1v) is 5.92. The zero-order valence-corrected chi connectivity index (χ0v) is 10.8. The van der Waals surface area contributed by atoms with Crippen LogP contribution in [0.15, 0.2) is 34.0 Å². The summed E-state index contributed by atoms with van der Waals surface area (Å²) in [4.78, 5) is 24.8. The third-order valence-electron chi connectivity index (χ3n) is 3.11. The van der Waals surface area contributed by atoms with E-state index in [1.807, 2.05) is 30.1 Å². The van der Waals surface area contributed by atoms with Crippen LogP contribution in [-0.4, -0.2) is 19.3 Å². The van der Waals surface area contributed by atoms with Gasteiger partial charge in [-0.3, -0.25) is 14.5 Å². The van der Waals surface area contributed by atoms with Crippen LogP contribution < -0.4 is 11.2 Å². The summed E-state index contributed by atoms with van der Waals surface area (Å²) in [6, 6.07) is 5.60. The van der Waals surface area contributed by atoms with Crippen LogP contribution in [0.5, 0.6) is 0 Å². The molecular weight excluding hydrogens is 263 g/mol. The summed E-state index contributed by atoms with van der Waals surface area (Å²) in [6.45, 7) is 1.94. The molecule has 3 aromatic rings. The summed E-state index contributed by atoms with van der Waals surface area (Å²) in [5, 5.41) is 4.92. The molecule has 1 N–H and O–H groups in total. The van der Waals surface area contributed by atoms with Gasteiger partial charge in [-0.25, -0.2) is 9.36 Å². The van der Waals surface area contributed by atoms with Crippen molar-refractivity contribution in [1.29, 1.82) is 0 Å². The van der Waals surface area contributed by atoms with Gasteiger partial charge in [-0.15, -0.1) is 0 Å². The van der Waals surface area contributed by atoms with Gasteiger partial charge in [0.1, 0.15) is 0 Å². The van der Waals surface area contributed by atoms with Crippen LogP contribution in [0, 0.1) is 12.7 Å². The minimum atomic E-state index is -1.04. The Labute approximate surface area is 112 Å². The molecule has 0 aliphatic rings. The second-order valence-corrected chi connectivity index (χ2v) is 4.57. The monoisotopic (exact) mass is 274 g/mol. The van der Waals surface area contributed by atoms with Crippen molar-refractivity contribution in [2.75, 3.05) is 0 Å². The molecule has 0 spiro atoms. The van der Waals surface area contributed by atoms with E-state index in [1.165, 1.54) is 0 Å². The normalized spacial score (nSPS) is 11.2. The fourth-order valence-electron chi connectivity index (χ4n) is 2.13. The molecule has 0 aliphatic heterocycles. The van der Waals surface area contributed by atoms with Gasteiger partial charge < -0.3 is 0 Å². The van der Waals surface area contributed by atoms with Crippen molar-refractivity contribution in [3.63, 3.8) is 0 Å².